The summed E-state index contributed by atoms with van der Waals surface area (Å²) in [5.74, 6) is -0.681. The third kappa shape index (κ3) is 8.42. The average molecular weight is 504 g/mol. The lowest BCUT2D eigenvalue weighted by atomic mass is 9.94. The third-order valence-corrected chi connectivity index (χ3v) is 6.40. The molecule has 1 saturated carbocycles. The van der Waals surface area contributed by atoms with Crippen LogP contribution in [0, 0.1) is 12.8 Å². The molecule has 2 rings (SSSR count). The number of hydrogen-bond donors (Lipinski definition) is 3. The van der Waals surface area contributed by atoms with Crippen LogP contribution in [0.2, 0.25) is 0 Å². The molecule has 0 radical (unpaired) electrons. The smallest absolute Gasteiger partial charge is 0.408 e. The summed E-state index contributed by atoms with van der Waals surface area (Å²) < 4.78 is 5.40. The highest BCUT2D eigenvalue weighted by atomic mass is 16.6. The normalized spacial score (nSPS) is 16.2. The number of phenolic OH excluding ortho intramolecular Hbond substituents is 1. The van der Waals surface area contributed by atoms with Gasteiger partial charge in [-0.05, 0) is 76.1 Å². The molecule has 8 nitrogen and oxygen atoms in total. The summed E-state index contributed by atoms with van der Waals surface area (Å²) in [5, 5.41) is 16.0. The molecule has 0 aliphatic heterocycles. The fourth-order valence-electron chi connectivity index (χ4n) is 4.58. The van der Waals surface area contributed by atoms with Gasteiger partial charge in [-0.25, -0.2) is 4.79 Å². The summed E-state index contributed by atoms with van der Waals surface area (Å²) in [6.45, 7) is 13.0. The van der Waals surface area contributed by atoms with Crippen molar-refractivity contribution in [1.29, 1.82) is 0 Å². The SMILES string of the molecule is CCCN(C(=O)C(NC(=O)OC(C)(C)C)C(C)C)C(C(=O)NC1CCCCC1)c1ccc(O)c(C)c1. The minimum Gasteiger partial charge on any atom is -0.508 e. The van der Waals surface area contributed by atoms with Gasteiger partial charge in [-0.15, -0.1) is 0 Å². The van der Waals surface area contributed by atoms with Gasteiger partial charge in [0.15, 0.2) is 0 Å². The lowest BCUT2D eigenvalue weighted by molar-refractivity contribution is -0.143. The number of amides is 3. The largest absolute Gasteiger partial charge is 0.508 e. The molecule has 0 spiro atoms. The highest BCUT2D eigenvalue weighted by molar-refractivity contribution is 5.92. The van der Waals surface area contributed by atoms with Crippen LogP contribution in [0.1, 0.15) is 97.2 Å². The van der Waals surface area contributed by atoms with Crippen molar-refractivity contribution in [1.82, 2.24) is 15.5 Å². The van der Waals surface area contributed by atoms with Crippen molar-refractivity contribution in [2.24, 2.45) is 5.92 Å². The van der Waals surface area contributed by atoms with Gasteiger partial charge in [-0.3, -0.25) is 9.59 Å². The van der Waals surface area contributed by atoms with Gasteiger partial charge < -0.3 is 25.4 Å². The molecule has 0 saturated heterocycles. The highest BCUT2D eigenvalue weighted by Gasteiger charge is 2.38. The summed E-state index contributed by atoms with van der Waals surface area (Å²) in [4.78, 5) is 41.8. The van der Waals surface area contributed by atoms with Gasteiger partial charge in [0.05, 0.1) is 0 Å². The van der Waals surface area contributed by atoms with E-state index in [1.165, 1.54) is 6.42 Å². The number of hydrogen-bond acceptors (Lipinski definition) is 5. The number of carbonyl (C=O) groups is 3. The predicted molar refractivity (Wildman–Crippen MR) is 141 cm³/mol. The summed E-state index contributed by atoms with van der Waals surface area (Å²) in [6.07, 6.45) is 5.11. The predicted octanol–water partition coefficient (Wildman–Crippen LogP) is 4.98. The first-order chi connectivity index (χ1) is 16.8. The lowest BCUT2D eigenvalue weighted by Crippen LogP contribution is -2.55. The second kappa shape index (κ2) is 13.0. The summed E-state index contributed by atoms with van der Waals surface area (Å²) in [7, 11) is 0. The van der Waals surface area contributed by atoms with Gasteiger partial charge in [0.1, 0.15) is 23.4 Å². The Kier molecular flexibility index (Phi) is 10.6. The van der Waals surface area contributed by atoms with E-state index < -0.39 is 23.8 Å². The third-order valence-electron chi connectivity index (χ3n) is 6.40. The van der Waals surface area contributed by atoms with Crippen molar-refractivity contribution in [2.75, 3.05) is 6.54 Å². The molecule has 3 amide bonds. The van der Waals surface area contributed by atoms with Crippen LogP contribution < -0.4 is 10.6 Å². The second-order valence-electron chi connectivity index (χ2n) is 11.2. The van der Waals surface area contributed by atoms with Crippen LogP contribution in [-0.4, -0.2) is 52.1 Å². The quantitative estimate of drug-likeness (QED) is 0.441. The van der Waals surface area contributed by atoms with E-state index in [0.717, 1.165) is 25.7 Å². The Bertz CT molecular complexity index is 903. The van der Waals surface area contributed by atoms with Crippen LogP contribution in [0.4, 0.5) is 4.79 Å². The van der Waals surface area contributed by atoms with Crippen LogP contribution in [0.5, 0.6) is 5.75 Å². The van der Waals surface area contributed by atoms with Crippen molar-refractivity contribution < 1.29 is 24.2 Å². The van der Waals surface area contributed by atoms with Gasteiger partial charge in [0, 0.05) is 12.6 Å². The van der Waals surface area contributed by atoms with E-state index in [2.05, 4.69) is 10.6 Å². The first-order valence-electron chi connectivity index (χ1n) is 13.2. The molecule has 1 aliphatic rings. The lowest BCUT2D eigenvalue weighted by Gasteiger charge is -2.36. The average Bonchev–Trinajstić information content (AvgIpc) is 2.78. The number of benzene rings is 1. The molecule has 1 aromatic rings. The van der Waals surface area contributed by atoms with Crippen molar-refractivity contribution in [2.45, 2.75) is 111 Å². The van der Waals surface area contributed by atoms with E-state index >= 15 is 0 Å². The van der Waals surface area contributed by atoms with E-state index in [1.54, 1.807) is 50.8 Å². The maximum absolute atomic E-state index is 14.0. The minimum atomic E-state index is -0.889. The maximum atomic E-state index is 14.0. The number of aryl methyl sites for hydroxylation is 1. The molecule has 2 unspecified atom stereocenters. The summed E-state index contributed by atoms with van der Waals surface area (Å²) in [6, 6.07) is 3.32. The standard InChI is InChI=1S/C28H45N3O5/c1-8-16-31(26(34)23(18(2)3)30-27(35)36-28(5,6)7)24(20-14-15-22(32)19(4)17-20)25(33)29-21-12-10-9-11-13-21/h14-15,17-18,21,23-24,32H,8-13,16H2,1-7H3,(H,29,33)(H,30,35). The van der Waals surface area contributed by atoms with Crippen molar-refractivity contribution in [3.8, 4) is 5.75 Å². The Hall–Kier alpha value is -2.77. The molecule has 1 fully saturated rings. The topological polar surface area (TPSA) is 108 Å². The summed E-state index contributed by atoms with van der Waals surface area (Å²) >= 11 is 0. The van der Waals surface area contributed by atoms with Crippen LogP contribution in [0.15, 0.2) is 18.2 Å². The first kappa shape index (κ1) is 29.5. The number of alkyl carbamates (subject to hydrolysis) is 1. The molecule has 36 heavy (non-hydrogen) atoms. The van der Waals surface area contributed by atoms with E-state index in [9.17, 15) is 19.5 Å². The Morgan fingerprint density at radius 3 is 2.31 bits per heavy atom. The molecule has 1 aromatic carbocycles. The Morgan fingerprint density at radius 2 is 1.78 bits per heavy atom. The van der Waals surface area contributed by atoms with Crippen molar-refractivity contribution in [3.05, 3.63) is 29.3 Å². The molecule has 8 heteroatoms. The zero-order chi connectivity index (χ0) is 27.0. The molecule has 3 N–H and O–H groups in total. The van der Waals surface area contributed by atoms with Gasteiger partial charge in [-0.1, -0.05) is 46.1 Å². The Balaban J connectivity index is 2.44. The monoisotopic (exact) mass is 503 g/mol. The zero-order valence-corrected chi connectivity index (χ0v) is 23.0. The van der Waals surface area contributed by atoms with Crippen LogP contribution in [-0.2, 0) is 14.3 Å². The minimum absolute atomic E-state index is 0.0753. The first-order valence-corrected chi connectivity index (χ1v) is 13.2. The molecule has 0 bridgehead atoms. The second-order valence-corrected chi connectivity index (χ2v) is 11.2. The fraction of sp³-hybridized carbons (Fsp3) is 0.679. The number of nitrogens with zero attached hydrogens (tertiary/aromatic N) is 1. The summed E-state index contributed by atoms with van der Waals surface area (Å²) in [5.41, 5.74) is 0.545. The molecule has 0 heterocycles. The molecule has 1 aliphatic carbocycles. The molecule has 202 valence electrons. The van der Waals surface area contributed by atoms with Crippen LogP contribution in [0.3, 0.4) is 0 Å². The van der Waals surface area contributed by atoms with Gasteiger partial charge >= 0.3 is 6.09 Å². The number of carbonyl (C=O) groups excluding carboxylic acids is 3. The maximum Gasteiger partial charge on any atom is 0.408 e. The zero-order valence-electron chi connectivity index (χ0n) is 23.0. The molecule has 0 aromatic heterocycles. The highest BCUT2D eigenvalue weighted by Crippen LogP contribution is 2.29. The molecule has 2 atom stereocenters. The number of nitrogens with one attached hydrogen (secondary N) is 2. The molecular formula is C28H45N3O5. The van der Waals surface area contributed by atoms with Gasteiger partial charge in [-0.2, -0.15) is 0 Å². The Morgan fingerprint density at radius 1 is 1.14 bits per heavy atom. The van der Waals surface area contributed by atoms with Crippen LogP contribution in [0.25, 0.3) is 0 Å². The molecular weight excluding hydrogens is 458 g/mol. The number of ether oxygens (including phenoxy) is 1. The van der Waals surface area contributed by atoms with E-state index in [4.69, 9.17) is 4.74 Å². The number of aromatic hydroxyl groups is 1. The van der Waals surface area contributed by atoms with E-state index in [-0.39, 0.29) is 29.5 Å². The number of rotatable bonds is 9. The fourth-order valence-corrected chi connectivity index (χ4v) is 4.58. The van der Waals surface area contributed by atoms with Crippen molar-refractivity contribution in [3.63, 3.8) is 0 Å². The van der Waals surface area contributed by atoms with E-state index in [0.29, 0.717) is 24.1 Å². The van der Waals surface area contributed by atoms with Crippen molar-refractivity contribution >= 4 is 17.9 Å². The van der Waals surface area contributed by atoms with Gasteiger partial charge in [0.25, 0.3) is 0 Å². The van der Waals surface area contributed by atoms with Gasteiger partial charge in [0.2, 0.25) is 11.8 Å². The Labute approximate surface area is 216 Å². The number of phenols is 1. The van der Waals surface area contributed by atoms with Crippen LogP contribution >= 0.6 is 0 Å². The van der Waals surface area contributed by atoms with E-state index in [1.807, 2.05) is 20.8 Å².